The van der Waals surface area contributed by atoms with Crippen molar-refractivity contribution < 1.29 is 22.4 Å². The van der Waals surface area contributed by atoms with Crippen molar-refractivity contribution in [2.24, 2.45) is 10.9 Å². The normalized spacial score (nSPS) is 21.2. The minimum atomic E-state index is -4.77. The number of hydrogen-bond acceptors (Lipinski definition) is 8. The van der Waals surface area contributed by atoms with Crippen LogP contribution in [0.25, 0.3) is 0 Å². The van der Waals surface area contributed by atoms with Gasteiger partial charge in [-0.05, 0) is 63.0 Å². The highest BCUT2D eigenvalue weighted by Crippen LogP contribution is 2.43. The third kappa shape index (κ3) is 5.07. The van der Waals surface area contributed by atoms with Crippen LogP contribution >= 0.6 is 11.6 Å². The predicted molar refractivity (Wildman–Crippen MR) is 129 cm³/mol. The van der Waals surface area contributed by atoms with Gasteiger partial charge in [-0.25, -0.2) is 19.9 Å². The smallest absolute Gasteiger partial charge is 0.459 e. The summed E-state index contributed by atoms with van der Waals surface area (Å²) in [6.07, 6.45) is -0.312. The van der Waals surface area contributed by atoms with Crippen LogP contribution in [0.4, 0.5) is 24.7 Å². The molecule has 1 aliphatic heterocycles. The second-order valence-electron chi connectivity index (χ2n) is 9.84. The summed E-state index contributed by atoms with van der Waals surface area (Å²) in [4.78, 5) is 26.3. The van der Waals surface area contributed by atoms with Gasteiger partial charge in [-0.1, -0.05) is 23.7 Å². The second kappa shape index (κ2) is 9.16. The van der Waals surface area contributed by atoms with E-state index in [-0.39, 0.29) is 17.5 Å². The number of nitrogen functional groups attached to an aromatic ring is 1. The maximum atomic E-state index is 13.1. The Morgan fingerprint density at radius 2 is 1.89 bits per heavy atom. The van der Waals surface area contributed by atoms with Gasteiger partial charge in [0, 0.05) is 17.0 Å². The van der Waals surface area contributed by atoms with E-state index in [0.717, 1.165) is 31.2 Å². The molecule has 37 heavy (non-hydrogen) atoms. The molecule has 5 rings (SSSR count). The van der Waals surface area contributed by atoms with Gasteiger partial charge < -0.3 is 15.0 Å². The lowest BCUT2D eigenvalue weighted by atomic mass is 9.77. The molecule has 0 radical (unpaired) electrons. The molecule has 2 aliphatic rings. The number of H-pyrrole nitrogens is 1. The molecule has 1 saturated carbocycles. The van der Waals surface area contributed by atoms with E-state index in [1.54, 1.807) is 19.9 Å². The molecule has 0 atom stereocenters. The Hall–Kier alpha value is -3.41. The number of aromatic amines is 1. The Labute approximate surface area is 214 Å². The molecule has 0 bridgehead atoms. The summed E-state index contributed by atoms with van der Waals surface area (Å²) in [5, 5.41) is 3.13. The number of nitrogens with zero attached hydrogens (tertiary/aromatic N) is 4. The van der Waals surface area contributed by atoms with Crippen molar-refractivity contribution in [2.75, 3.05) is 5.73 Å². The van der Waals surface area contributed by atoms with Crippen LogP contribution in [0.3, 0.4) is 0 Å². The molecule has 9 nitrogen and oxygen atoms in total. The number of anilines is 1. The standard InChI is InChI=1S/C24H24ClF3N6O3/c1-23(2)18(31-17-19(29)32-21(24(26,27)28)33-20(17)36-23)13-7-8-14(15(25)10-13)12-5-3-11(4-6-12)9-16-30-22(35)37-34-16/h7-8,10-12H,3-6,9H2,1-2H3,(H2,29,32,33)(H,30,34,35)/t11-,12-. The number of ether oxygens (including phenoxy) is 1. The molecule has 3 heterocycles. The van der Waals surface area contributed by atoms with Gasteiger partial charge in [0.15, 0.2) is 11.5 Å². The van der Waals surface area contributed by atoms with Crippen molar-refractivity contribution in [3.05, 3.63) is 56.5 Å². The lowest BCUT2D eigenvalue weighted by Crippen LogP contribution is -2.41. The molecule has 3 aromatic rings. The molecule has 1 aliphatic carbocycles. The zero-order valence-electron chi connectivity index (χ0n) is 20.0. The lowest BCUT2D eigenvalue weighted by molar-refractivity contribution is -0.145. The summed E-state index contributed by atoms with van der Waals surface area (Å²) in [5.41, 5.74) is 6.78. The molecule has 1 fully saturated rings. The minimum Gasteiger partial charge on any atom is -0.463 e. The maximum absolute atomic E-state index is 13.1. The Morgan fingerprint density at radius 3 is 2.51 bits per heavy atom. The summed E-state index contributed by atoms with van der Waals surface area (Å²) in [5.74, 6) is -1.49. The molecule has 13 heteroatoms. The number of benzene rings is 1. The Balaban J connectivity index is 1.36. The van der Waals surface area contributed by atoms with Crippen LogP contribution in [0.5, 0.6) is 5.88 Å². The summed E-state index contributed by atoms with van der Waals surface area (Å²) < 4.78 is 49.8. The zero-order chi connectivity index (χ0) is 26.5. The van der Waals surface area contributed by atoms with E-state index in [2.05, 4.69) is 29.6 Å². The molecular formula is C24H24ClF3N6O3. The van der Waals surface area contributed by atoms with E-state index in [4.69, 9.17) is 22.1 Å². The first-order valence-electron chi connectivity index (χ1n) is 11.8. The van der Waals surface area contributed by atoms with Crippen LogP contribution in [-0.4, -0.2) is 31.4 Å². The van der Waals surface area contributed by atoms with Crippen molar-refractivity contribution in [1.82, 2.24) is 20.1 Å². The Morgan fingerprint density at radius 1 is 1.16 bits per heavy atom. The van der Waals surface area contributed by atoms with E-state index in [0.29, 0.717) is 34.5 Å². The first kappa shape index (κ1) is 25.2. The number of hydrogen-bond donors (Lipinski definition) is 2. The molecule has 0 amide bonds. The Bertz CT molecular complexity index is 1420. The molecular weight excluding hydrogens is 513 g/mol. The van der Waals surface area contributed by atoms with Crippen molar-refractivity contribution in [1.29, 1.82) is 0 Å². The quantitative estimate of drug-likeness (QED) is 0.467. The van der Waals surface area contributed by atoms with Crippen LogP contribution in [-0.2, 0) is 12.6 Å². The summed E-state index contributed by atoms with van der Waals surface area (Å²) >= 11 is 6.71. The largest absolute Gasteiger partial charge is 0.463 e. The van der Waals surface area contributed by atoms with Crippen LogP contribution in [0.15, 0.2) is 32.5 Å². The fourth-order valence-corrected chi connectivity index (χ4v) is 5.34. The fraction of sp³-hybridized carbons (Fsp3) is 0.458. The molecule has 0 unspecified atom stereocenters. The average Bonchev–Trinajstić information content (AvgIpc) is 3.22. The Kier molecular flexibility index (Phi) is 6.25. The molecule has 1 aromatic carbocycles. The van der Waals surface area contributed by atoms with E-state index < -0.39 is 29.2 Å². The monoisotopic (exact) mass is 536 g/mol. The maximum Gasteiger partial charge on any atom is 0.459 e. The summed E-state index contributed by atoms with van der Waals surface area (Å²) in [7, 11) is 0. The summed E-state index contributed by atoms with van der Waals surface area (Å²) in [6, 6.07) is 5.63. The molecule has 2 aromatic heterocycles. The lowest BCUT2D eigenvalue weighted by Gasteiger charge is -2.33. The number of alkyl halides is 3. The number of aliphatic imine (C=N–C) groups is 1. The van der Waals surface area contributed by atoms with Crippen molar-refractivity contribution in [3.8, 4) is 5.88 Å². The molecule has 3 N–H and O–H groups in total. The second-order valence-corrected chi connectivity index (χ2v) is 10.3. The molecule has 196 valence electrons. The van der Waals surface area contributed by atoms with Crippen LogP contribution in [0.2, 0.25) is 5.02 Å². The van der Waals surface area contributed by atoms with E-state index in [1.165, 1.54) is 0 Å². The molecule has 0 saturated heterocycles. The van der Waals surface area contributed by atoms with Gasteiger partial charge in [-0.15, -0.1) is 0 Å². The van der Waals surface area contributed by atoms with Crippen molar-refractivity contribution >= 4 is 28.8 Å². The van der Waals surface area contributed by atoms with Crippen molar-refractivity contribution in [3.63, 3.8) is 0 Å². The van der Waals surface area contributed by atoms with Crippen LogP contribution in [0.1, 0.15) is 68.2 Å². The average molecular weight is 537 g/mol. The van der Waals surface area contributed by atoms with Crippen LogP contribution < -0.4 is 16.2 Å². The fourth-order valence-electron chi connectivity index (χ4n) is 5.00. The number of aromatic nitrogens is 4. The zero-order valence-corrected chi connectivity index (χ0v) is 20.8. The predicted octanol–water partition coefficient (Wildman–Crippen LogP) is 5.22. The number of rotatable bonds is 4. The topological polar surface area (TPSA) is 132 Å². The first-order chi connectivity index (χ1) is 17.4. The molecule has 0 spiro atoms. The number of nitrogens with one attached hydrogen (secondary N) is 1. The number of nitrogens with two attached hydrogens (primary N) is 1. The van der Waals surface area contributed by atoms with Gasteiger partial charge in [-0.3, -0.25) is 0 Å². The minimum absolute atomic E-state index is 0.0469. The highest BCUT2D eigenvalue weighted by atomic mass is 35.5. The highest BCUT2D eigenvalue weighted by Gasteiger charge is 2.40. The van der Waals surface area contributed by atoms with Gasteiger partial charge in [0.05, 0.1) is 5.71 Å². The number of fused-ring (bicyclic) bond motifs is 1. The van der Waals surface area contributed by atoms with E-state index >= 15 is 0 Å². The van der Waals surface area contributed by atoms with E-state index in [1.807, 2.05) is 12.1 Å². The van der Waals surface area contributed by atoms with Gasteiger partial charge in [0.1, 0.15) is 11.4 Å². The number of halogens is 4. The van der Waals surface area contributed by atoms with Crippen LogP contribution in [0, 0.1) is 5.92 Å². The van der Waals surface area contributed by atoms with Gasteiger partial charge in [0.2, 0.25) is 11.7 Å². The third-order valence-electron chi connectivity index (χ3n) is 6.80. The first-order valence-corrected chi connectivity index (χ1v) is 12.2. The van der Waals surface area contributed by atoms with E-state index in [9.17, 15) is 18.0 Å². The SMILES string of the molecule is CC1(C)Oc2nc(C(F)(F)F)nc(N)c2N=C1c1ccc([C@H]2CC[C@H](Cc3nc(=O)o[nH]3)CC2)c(Cl)c1. The third-order valence-corrected chi connectivity index (χ3v) is 7.13. The highest BCUT2D eigenvalue weighted by molar-refractivity contribution is 6.32. The van der Waals surface area contributed by atoms with Gasteiger partial charge >= 0.3 is 11.9 Å². The summed E-state index contributed by atoms with van der Waals surface area (Å²) in [6.45, 7) is 3.37. The van der Waals surface area contributed by atoms with Gasteiger partial charge in [-0.2, -0.15) is 23.1 Å². The van der Waals surface area contributed by atoms with Crippen molar-refractivity contribution in [2.45, 2.75) is 63.6 Å². The van der Waals surface area contributed by atoms with Gasteiger partial charge in [0.25, 0.3) is 0 Å².